The van der Waals surface area contributed by atoms with Crippen molar-refractivity contribution >= 4 is 5.78 Å². The Balaban J connectivity index is 2.20. The molecule has 2 heteroatoms. The van der Waals surface area contributed by atoms with Crippen molar-refractivity contribution in [1.82, 2.24) is 0 Å². The Bertz CT molecular complexity index is 455. The summed E-state index contributed by atoms with van der Waals surface area (Å²) in [6.07, 6.45) is 5.07. The van der Waals surface area contributed by atoms with E-state index in [4.69, 9.17) is 4.42 Å². The van der Waals surface area contributed by atoms with Crippen molar-refractivity contribution in [3.63, 3.8) is 0 Å². The third-order valence-corrected chi connectivity index (χ3v) is 4.65. The van der Waals surface area contributed by atoms with Crippen molar-refractivity contribution in [3.05, 3.63) is 23.7 Å². The van der Waals surface area contributed by atoms with Crippen molar-refractivity contribution in [2.75, 3.05) is 0 Å². The highest BCUT2D eigenvalue weighted by Crippen LogP contribution is 2.58. The van der Waals surface area contributed by atoms with E-state index in [-0.39, 0.29) is 16.7 Å². The van der Waals surface area contributed by atoms with Crippen LogP contribution in [0.1, 0.15) is 56.2 Å². The van der Waals surface area contributed by atoms with Crippen LogP contribution in [-0.2, 0) is 5.41 Å². The monoisotopic (exact) mass is 218 g/mol. The SMILES string of the molecule is CC1(C)CCC[C@@]2(C)c3occc3C(=O)[C@@H]12. The van der Waals surface area contributed by atoms with Gasteiger partial charge in [-0.3, -0.25) is 4.79 Å². The Labute approximate surface area is 96.0 Å². The van der Waals surface area contributed by atoms with Gasteiger partial charge in [-0.2, -0.15) is 0 Å². The first-order valence-corrected chi connectivity index (χ1v) is 6.09. The molecule has 0 N–H and O–H groups in total. The molecule has 1 heterocycles. The minimum atomic E-state index is -0.0579. The Morgan fingerprint density at radius 2 is 2.06 bits per heavy atom. The van der Waals surface area contributed by atoms with Crippen LogP contribution in [0.4, 0.5) is 0 Å². The first kappa shape index (κ1) is 10.1. The summed E-state index contributed by atoms with van der Waals surface area (Å²) in [5.41, 5.74) is 0.881. The highest BCUT2D eigenvalue weighted by atomic mass is 16.3. The highest BCUT2D eigenvalue weighted by Gasteiger charge is 2.58. The van der Waals surface area contributed by atoms with E-state index in [1.54, 1.807) is 6.26 Å². The number of carbonyl (C=O) groups is 1. The number of ketones is 1. The molecule has 0 unspecified atom stereocenters. The lowest BCUT2D eigenvalue weighted by Gasteiger charge is -2.45. The van der Waals surface area contributed by atoms with E-state index in [0.717, 1.165) is 24.2 Å². The molecule has 2 aliphatic rings. The number of fused-ring (bicyclic) bond motifs is 3. The molecule has 2 atom stereocenters. The lowest BCUT2D eigenvalue weighted by molar-refractivity contribution is 0.0450. The zero-order valence-electron chi connectivity index (χ0n) is 10.2. The topological polar surface area (TPSA) is 30.2 Å². The maximum Gasteiger partial charge on any atom is 0.171 e. The molecule has 1 saturated carbocycles. The minimum Gasteiger partial charge on any atom is -0.468 e. The Morgan fingerprint density at radius 1 is 1.31 bits per heavy atom. The van der Waals surface area contributed by atoms with Crippen LogP contribution in [0.5, 0.6) is 0 Å². The van der Waals surface area contributed by atoms with Gasteiger partial charge in [0.05, 0.1) is 11.8 Å². The first-order chi connectivity index (χ1) is 7.47. The molecule has 16 heavy (non-hydrogen) atoms. The van der Waals surface area contributed by atoms with Gasteiger partial charge in [-0.25, -0.2) is 0 Å². The van der Waals surface area contributed by atoms with Gasteiger partial charge in [0.1, 0.15) is 5.76 Å². The van der Waals surface area contributed by atoms with Gasteiger partial charge in [0.25, 0.3) is 0 Å². The van der Waals surface area contributed by atoms with Gasteiger partial charge in [0, 0.05) is 11.3 Å². The molecule has 3 rings (SSSR count). The standard InChI is InChI=1S/C14H18O2/c1-13(2)6-4-7-14(3)11(13)10(15)9-5-8-16-12(9)14/h5,8,11H,4,6-7H2,1-3H3/t11-,14+/m0/s1. The molecule has 0 saturated heterocycles. The molecule has 0 aliphatic heterocycles. The van der Waals surface area contributed by atoms with Crippen LogP contribution in [0.15, 0.2) is 16.7 Å². The molecule has 1 aromatic rings. The number of rotatable bonds is 0. The van der Waals surface area contributed by atoms with Gasteiger partial charge in [-0.1, -0.05) is 27.2 Å². The van der Waals surface area contributed by atoms with Crippen molar-refractivity contribution < 1.29 is 9.21 Å². The highest BCUT2D eigenvalue weighted by molar-refractivity contribution is 6.03. The Hall–Kier alpha value is -1.05. The molecular formula is C14H18O2. The summed E-state index contributed by atoms with van der Waals surface area (Å²) in [4.78, 5) is 12.5. The first-order valence-electron chi connectivity index (χ1n) is 6.09. The summed E-state index contributed by atoms with van der Waals surface area (Å²) >= 11 is 0. The second-order valence-corrected chi connectivity index (χ2v) is 6.22. The van der Waals surface area contributed by atoms with Gasteiger partial charge in [-0.05, 0) is 24.3 Å². The number of Topliss-reactive ketones (excluding diaryl/α,β-unsaturated/α-hetero) is 1. The van der Waals surface area contributed by atoms with Crippen molar-refractivity contribution in [1.29, 1.82) is 0 Å². The van der Waals surface area contributed by atoms with E-state index in [0.29, 0.717) is 5.78 Å². The largest absolute Gasteiger partial charge is 0.468 e. The van der Waals surface area contributed by atoms with Gasteiger partial charge in [0.2, 0.25) is 0 Å². The van der Waals surface area contributed by atoms with Crippen molar-refractivity contribution in [3.8, 4) is 0 Å². The van der Waals surface area contributed by atoms with E-state index in [1.807, 2.05) is 6.07 Å². The molecule has 1 fully saturated rings. The fraction of sp³-hybridized carbons (Fsp3) is 0.643. The summed E-state index contributed by atoms with van der Waals surface area (Å²) in [6.45, 7) is 6.64. The third kappa shape index (κ3) is 1.00. The van der Waals surface area contributed by atoms with Gasteiger partial charge in [-0.15, -0.1) is 0 Å². The van der Waals surface area contributed by atoms with Crippen molar-refractivity contribution in [2.24, 2.45) is 11.3 Å². The zero-order valence-corrected chi connectivity index (χ0v) is 10.2. The molecule has 0 amide bonds. The number of furan rings is 1. The summed E-state index contributed by atoms with van der Waals surface area (Å²) in [5, 5.41) is 0. The Morgan fingerprint density at radius 3 is 2.81 bits per heavy atom. The van der Waals surface area contributed by atoms with Crippen LogP contribution >= 0.6 is 0 Å². The summed E-state index contributed by atoms with van der Waals surface area (Å²) < 4.78 is 5.59. The fourth-order valence-corrected chi connectivity index (χ4v) is 4.05. The molecular weight excluding hydrogens is 200 g/mol. The van der Waals surface area contributed by atoms with Crippen LogP contribution in [-0.4, -0.2) is 5.78 Å². The predicted octanol–water partition coefficient (Wildman–Crippen LogP) is 3.56. The summed E-state index contributed by atoms with van der Waals surface area (Å²) in [7, 11) is 0. The smallest absolute Gasteiger partial charge is 0.171 e. The van der Waals surface area contributed by atoms with Crippen LogP contribution in [0.2, 0.25) is 0 Å². The molecule has 2 nitrogen and oxygen atoms in total. The van der Waals surface area contributed by atoms with Crippen LogP contribution in [0, 0.1) is 11.3 Å². The van der Waals surface area contributed by atoms with Gasteiger partial charge in [0.15, 0.2) is 5.78 Å². The van der Waals surface area contributed by atoms with E-state index in [9.17, 15) is 4.79 Å². The predicted molar refractivity (Wildman–Crippen MR) is 61.5 cm³/mol. The average molecular weight is 218 g/mol. The van der Waals surface area contributed by atoms with Gasteiger partial charge < -0.3 is 4.42 Å². The lowest BCUT2D eigenvalue weighted by atomic mass is 9.57. The molecule has 0 radical (unpaired) electrons. The average Bonchev–Trinajstić information content (AvgIpc) is 2.70. The second kappa shape index (κ2) is 2.79. The number of carbonyl (C=O) groups excluding carboxylic acids is 1. The molecule has 2 aliphatic carbocycles. The number of hydrogen-bond acceptors (Lipinski definition) is 2. The van der Waals surface area contributed by atoms with Gasteiger partial charge >= 0.3 is 0 Å². The van der Waals surface area contributed by atoms with Crippen LogP contribution in [0.3, 0.4) is 0 Å². The van der Waals surface area contributed by atoms with E-state index < -0.39 is 0 Å². The van der Waals surface area contributed by atoms with Crippen molar-refractivity contribution in [2.45, 2.75) is 45.4 Å². The maximum absolute atomic E-state index is 12.5. The quantitative estimate of drug-likeness (QED) is 0.666. The normalized spacial score (nSPS) is 35.9. The molecule has 0 spiro atoms. The summed E-state index contributed by atoms with van der Waals surface area (Å²) in [6, 6.07) is 1.84. The van der Waals surface area contributed by atoms with E-state index in [1.165, 1.54) is 6.42 Å². The number of hydrogen-bond donors (Lipinski definition) is 0. The third-order valence-electron chi connectivity index (χ3n) is 4.65. The van der Waals surface area contributed by atoms with E-state index >= 15 is 0 Å². The minimum absolute atomic E-state index is 0.0579. The Kier molecular flexibility index (Phi) is 1.77. The molecule has 1 aromatic heterocycles. The second-order valence-electron chi connectivity index (χ2n) is 6.22. The zero-order chi connectivity index (χ0) is 11.6. The van der Waals surface area contributed by atoms with Crippen LogP contribution in [0.25, 0.3) is 0 Å². The van der Waals surface area contributed by atoms with E-state index in [2.05, 4.69) is 20.8 Å². The fourth-order valence-electron chi connectivity index (χ4n) is 4.05. The maximum atomic E-state index is 12.5. The van der Waals surface area contributed by atoms with Crippen LogP contribution < -0.4 is 0 Å². The molecule has 0 aromatic carbocycles. The molecule has 86 valence electrons. The summed E-state index contributed by atoms with van der Waals surface area (Å²) in [5.74, 6) is 1.36. The lowest BCUT2D eigenvalue weighted by Crippen LogP contribution is -2.44. The molecule has 0 bridgehead atoms.